The second-order valence-corrected chi connectivity index (χ2v) is 14.0. The van der Waals surface area contributed by atoms with Gasteiger partial charge in [-0.25, -0.2) is 9.97 Å². The van der Waals surface area contributed by atoms with Gasteiger partial charge >= 0.3 is 0 Å². The molecule has 4 aromatic rings. The van der Waals surface area contributed by atoms with Crippen molar-refractivity contribution >= 4 is 45.3 Å². The van der Waals surface area contributed by atoms with Crippen molar-refractivity contribution in [2.45, 2.75) is 89.9 Å². The van der Waals surface area contributed by atoms with E-state index < -0.39 is 0 Å². The number of hydrogen-bond donors (Lipinski definition) is 0. The van der Waals surface area contributed by atoms with Crippen LogP contribution in [-0.2, 0) is 0 Å². The van der Waals surface area contributed by atoms with Crippen molar-refractivity contribution in [1.29, 1.82) is 0 Å². The first-order chi connectivity index (χ1) is 18.1. The minimum Gasteiger partial charge on any atom is -0.264 e. The van der Waals surface area contributed by atoms with E-state index >= 15 is 0 Å². The van der Waals surface area contributed by atoms with Crippen molar-refractivity contribution in [1.82, 2.24) is 19.9 Å². The van der Waals surface area contributed by atoms with Gasteiger partial charge < -0.3 is 0 Å². The molecule has 0 bridgehead atoms. The quantitative estimate of drug-likeness (QED) is 0.208. The number of rotatable bonds is 4. The molecule has 7 heteroatoms. The zero-order valence-corrected chi connectivity index (χ0v) is 25.5. The summed E-state index contributed by atoms with van der Waals surface area (Å²) in [7, 11) is 0. The van der Waals surface area contributed by atoms with Gasteiger partial charge in [-0.3, -0.25) is 9.97 Å². The second-order valence-electron chi connectivity index (χ2n) is 10.3. The number of pyridine rings is 2. The minimum atomic E-state index is 0.683. The minimum absolute atomic E-state index is 0.683. The Morgan fingerprint density at radius 2 is 1.30 bits per heavy atom. The number of halogens is 1. The lowest BCUT2D eigenvalue weighted by molar-refractivity contribution is 0.437. The van der Waals surface area contributed by atoms with Crippen molar-refractivity contribution in [2.24, 2.45) is 0 Å². The van der Waals surface area contributed by atoms with Gasteiger partial charge in [0, 0.05) is 53.1 Å². The summed E-state index contributed by atoms with van der Waals surface area (Å²) in [6.07, 6.45) is 21.1. The van der Waals surface area contributed by atoms with Crippen molar-refractivity contribution in [3.8, 4) is 21.1 Å². The predicted octanol–water partition coefficient (Wildman–Crippen LogP) is 9.73. The second kappa shape index (κ2) is 12.9. The fourth-order valence-corrected chi connectivity index (χ4v) is 8.55. The predicted molar refractivity (Wildman–Crippen MR) is 165 cm³/mol. The van der Waals surface area contributed by atoms with Crippen LogP contribution >= 0.6 is 45.3 Å². The van der Waals surface area contributed by atoms with Crippen molar-refractivity contribution in [3.05, 3.63) is 67.7 Å². The molecule has 2 saturated carbocycles. The highest BCUT2D eigenvalue weighted by Crippen LogP contribution is 2.39. The fourth-order valence-electron chi connectivity index (χ4n) is 5.43. The summed E-state index contributed by atoms with van der Waals surface area (Å²) in [5.74, 6) is 1.38. The molecule has 0 unspecified atom stereocenters. The summed E-state index contributed by atoms with van der Waals surface area (Å²) in [6.45, 7) is 4.25. The van der Waals surface area contributed by atoms with Gasteiger partial charge in [-0.05, 0) is 85.4 Å². The van der Waals surface area contributed by atoms with Crippen LogP contribution in [0.15, 0.2) is 42.3 Å². The van der Waals surface area contributed by atoms with Crippen LogP contribution in [0.1, 0.15) is 98.6 Å². The summed E-state index contributed by atoms with van der Waals surface area (Å²) in [5, 5.41) is 4.51. The highest BCUT2D eigenvalue weighted by atomic mass is 127. The van der Waals surface area contributed by atoms with Crippen LogP contribution in [0.25, 0.3) is 21.1 Å². The van der Waals surface area contributed by atoms with E-state index in [1.165, 1.54) is 101 Å². The summed E-state index contributed by atoms with van der Waals surface area (Å²) in [4.78, 5) is 18.2. The maximum Gasteiger partial charge on any atom is 0.126 e. The third kappa shape index (κ3) is 6.66. The molecule has 4 heterocycles. The Morgan fingerprint density at radius 3 is 1.89 bits per heavy atom. The molecule has 0 aliphatic heterocycles. The number of nitrogens with zero attached hydrogens (tertiary/aromatic N) is 4. The Kier molecular flexibility index (Phi) is 9.37. The van der Waals surface area contributed by atoms with E-state index in [-0.39, 0.29) is 0 Å². The lowest BCUT2D eigenvalue weighted by Gasteiger charge is -2.20. The van der Waals surface area contributed by atoms with Crippen LogP contribution in [0.4, 0.5) is 0 Å². The molecule has 4 nitrogen and oxygen atoms in total. The summed E-state index contributed by atoms with van der Waals surface area (Å²) < 4.78 is 1.36. The van der Waals surface area contributed by atoms with E-state index in [1.807, 2.05) is 36.1 Å². The van der Waals surface area contributed by atoms with Gasteiger partial charge in [0.2, 0.25) is 0 Å². The Labute approximate surface area is 242 Å². The van der Waals surface area contributed by atoms with E-state index in [4.69, 9.17) is 9.97 Å². The van der Waals surface area contributed by atoms with Crippen molar-refractivity contribution < 1.29 is 0 Å². The topological polar surface area (TPSA) is 51.6 Å². The molecule has 194 valence electrons. The monoisotopic (exact) mass is 642 g/mol. The maximum atomic E-state index is 4.94. The highest BCUT2D eigenvalue weighted by Gasteiger charge is 2.22. The lowest BCUT2D eigenvalue weighted by Crippen LogP contribution is -2.06. The third-order valence-corrected chi connectivity index (χ3v) is 10.7. The van der Waals surface area contributed by atoms with Crippen LogP contribution < -0.4 is 0 Å². The highest BCUT2D eigenvalue weighted by molar-refractivity contribution is 14.1. The molecule has 0 N–H and O–H groups in total. The van der Waals surface area contributed by atoms with Crippen molar-refractivity contribution in [3.63, 3.8) is 0 Å². The Balaban J connectivity index is 0.000000152. The first-order valence-corrected chi connectivity index (χ1v) is 16.3. The molecule has 0 saturated heterocycles. The first-order valence-electron chi connectivity index (χ1n) is 13.5. The van der Waals surface area contributed by atoms with Crippen LogP contribution in [0, 0.1) is 16.7 Å². The molecule has 6 rings (SSSR count). The fraction of sp³-hybridized carbons (Fsp3) is 0.467. The van der Waals surface area contributed by atoms with Gasteiger partial charge in [-0.15, -0.1) is 22.7 Å². The molecule has 0 spiro atoms. The molecule has 2 fully saturated rings. The van der Waals surface area contributed by atoms with E-state index in [2.05, 4.69) is 63.9 Å². The molecule has 2 aliphatic carbocycles. The van der Waals surface area contributed by atoms with Gasteiger partial charge in [-0.1, -0.05) is 38.5 Å². The Hall–Kier alpha value is -1.71. The van der Waals surface area contributed by atoms with Gasteiger partial charge in [0.25, 0.3) is 0 Å². The molecule has 0 aromatic carbocycles. The Morgan fingerprint density at radius 1 is 0.730 bits per heavy atom. The molecular weight excluding hydrogens is 607 g/mol. The molecule has 0 atom stereocenters. The van der Waals surface area contributed by atoms with E-state index in [1.54, 1.807) is 11.3 Å². The average molecular weight is 643 g/mol. The van der Waals surface area contributed by atoms with Crippen LogP contribution in [0.5, 0.6) is 0 Å². The van der Waals surface area contributed by atoms with Gasteiger partial charge in [0.15, 0.2) is 0 Å². The molecule has 2 aliphatic rings. The zero-order valence-electron chi connectivity index (χ0n) is 21.8. The van der Waals surface area contributed by atoms with Gasteiger partial charge in [0.1, 0.15) is 10.0 Å². The van der Waals surface area contributed by atoms with Gasteiger partial charge in [0.05, 0.1) is 14.3 Å². The number of hydrogen-bond acceptors (Lipinski definition) is 6. The van der Waals surface area contributed by atoms with Gasteiger partial charge in [-0.2, -0.15) is 0 Å². The number of thiazole rings is 2. The van der Waals surface area contributed by atoms with Crippen LogP contribution in [0.3, 0.4) is 0 Å². The van der Waals surface area contributed by atoms with Crippen LogP contribution in [-0.4, -0.2) is 19.9 Å². The van der Waals surface area contributed by atoms with E-state index in [0.29, 0.717) is 11.8 Å². The standard InChI is InChI=1S/C15H17IN2S.C15H18N2S/c1-10-7-8-17-9-12(10)15-18-13(14(16)19-15)11-5-3-2-4-6-11;1-11-7-8-16-9-13(11)15-17-14(10-18-15)12-5-3-2-4-6-12/h7-9,11H,2-6H2,1H3;7-10,12H,2-6H2,1H3. The zero-order chi connectivity index (χ0) is 25.6. The first kappa shape index (κ1) is 26.9. The third-order valence-electron chi connectivity index (χ3n) is 7.69. The SMILES string of the molecule is Cc1ccncc1-c1nc(C2CCCCC2)c(I)s1.Cc1ccncc1-c1nc(C2CCCCC2)cs1. The maximum absolute atomic E-state index is 4.94. The van der Waals surface area contributed by atoms with E-state index in [0.717, 1.165) is 10.0 Å². The van der Waals surface area contributed by atoms with Crippen molar-refractivity contribution in [2.75, 3.05) is 0 Å². The molecular formula is C30H35IN4S2. The molecule has 4 aromatic heterocycles. The molecule has 0 radical (unpaired) electrons. The normalized spacial score (nSPS) is 16.8. The summed E-state index contributed by atoms with van der Waals surface area (Å²) >= 11 is 6.03. The lowest BCUT2D eigenvalue weighted by atomic mass is 9.87. The average Bonchev–Trinajstić information content (AvgIpc) is 3.58. The number of aromatic nitrogens is 4. The van der Waals surface area contributed by atoms with E-state index in [9.17, 15) is 0 Å². The molecule has 0 amide bonds. The largest absolute Gasteiger partial charge is 0.264 e. The summed E-state index contributed by atoms with van der Waals surface area (Å²) in [6, 6.07) is 4.11. The summed E-state index contributed by atoms with van der Waals surface area (Å²) in [5.41, 5.74) is 7.53. The van der Waals surface area contributed by atoms with Crippen LogP contribution in [0.2, 0.25) is 0 Å². The number of aryl methyl sites for hydroxylation is 2. The smallest absolute Gasteiger partial charge is 0.126 e. The Bertz CT molecular complexity index is 1300. The molecule has 37 heavy (non-hydrogen) atoms.